The fourth-order valence-electron chi connectivity index (χ4n) is 3.67. The Bertz CT molecular complexity index is 238. The molecule has 1 atom stereocenters. The third-order valence-corrected chi connectivity index (χ3v) is 5.23. The van der Waals surface area contributed by atoms with E-state index >= 15 is 0 Å². The average molecular weight is 222 g/mol. The van der Waals surface area contributed by atoms with Gasteiger partial charge in [-0.3, -0.25) is 4.90 Å². The van der Waals surface area contributed by atoms with E-state index in [0.29, 0.717) is 5.54 Å². The number of nitrogens with zero attached hydrogens (tertiary/aromatic N) is 1. The normalized spacial score (nSPS) is 35.4. The first kappa shape index (κ1) is 11.0. The van der Waals surface area contributed by atoms with Crippen LogP contribution in [-0.4, -0.2) is 36.1 Å². The van der Waals surface area contributed by atoms with E-state index in [1.807, 2.05) is 0 Å². The zero-order chi connectivity index (χ0) is 11.0. The van der Waals surface area contributed by atoms with Gasteiger partial charge in [-0.25, -0.2) is 0 Å². The molecule has 0 aromatic rings. The van der Waals surface area contributed by atoms with Crippen molar-refractivity contribution in [2.75, 3.05) is 19.6 Å². The lowest BCUT2D eigenvalue weighted by atomic mass is 9.73. The molecule has 0 spiro atoms. The molecule has 3 aliphatic rings. The molecule has 1 unspecified atom stereocenters. The summed E-state index contributed by atoms with van der Waals surface area (Å²) in [5, 5.41) is 3.78. The first-order valence-corrected chi connectivity index (χ1v) is 7.32. The van der Waals surface area contributed by atoms with Gasteiger partial charge in [-0.1, -0.05) is 6.92 Å². The summed E-state index contributed by atoms with van der Waals surface area (Å²) in [6.45, 7) is 6.31. The highest BCUT2D eigenvalue weighted by Crippen LogP contribution is 2.42. The van der Waals surface area contributed by atoms with Gasteiger partial charge in [0, 0.05) is 18.1 Å². The molecule has 16 heavy (non-hydrogen) atoms. The van der Waals surface area contributed by atoms with Crippen molar-refractivity contribution in [1.82, 2.24) is 10.2 Å². The van der Waals surface area contributed by atoms with Crippen molar-refractivity contribution in [3.8, 4) is 0 Å². The van der Waals surface area contributed by atoms with Crippen LogP contribution in [0.4, 0.5) is 0 Å². The van der Waals surface area contributed by atoms with Crippen LogP contribution in [0.15, 0.2) is 0 Å². The highest BCUT2D eigenvalue weighted by molar-refractivity contribution is 5.00. The second-order valence-electron chi connectivity index (χ2n) is 6.13. The number of hydrogen-bond donors (Lipinski definition) is 1. The third-order valence-electron chi connectivity index (χ3n) is 5.23. The van der Waals surface area contributed by atoms with E-state index < -0.39 is 0 Å². The Kier molecular flexibility index (Phi) is 2.97. The molecule has 1 saturated heterocycles. The standard InChI is InChI=1S/C14H26N2/c1-2-14(7-3-8-14)16-10-4-9-15-13(11-16)12-5-6-12/h12-13,15H,2-11H2,1H3. The maximum atomic E-state index is 3.78. The molecule has 1 N–H and O–H groups in total. The summed E-state index contributed by atoms with van der Waals surface area (Å²) in [5.74, 6) is 1.01. The van der Waals surface area contributed by atoms with Crippen LogP contribution < -0.4 is 5.32 Å². The summed E-state index contributed by atoms with van der Waals surface area (Å²) in [4.78, 5) is 2.85. The van der Waals surface area contributed by atoms with Gasteiger partial charge in [-0.15, -0.1) is 0 Å². The third kappa shape index (κ3) is 1.91. The average Bonchev–Trinajstić information content (AvgIpc) is 3.03. The molecule has 92 valence electrons. The monoisotopic (exact) mass is 222 g/mol. The van der Waals surface area contributed by atoms with Crippen molar-refractivity contribution in [3.63, 3.8) is 0 Å². The minimum atomic E-state index is 0.610. The molecule has 3 rings (SSSR count). The molecule has 2 aliphatic carbocycles. The van der Waals surface area contributed by atoms with Crippen LogP contribution >= 0.6 is 0 Å². The van der Waals surface area contributed by atoms with Crippen molar-refractivity contribution in [1.29, 1.82) is 0 Å². The van der Waals surface area contributed by atoms with Crippen LogP contribution in [0.3, 0.4) is 0 Å². The molecule has 2 nitrogen and oxygen atoms in total. The smallest absolute Gasteiger partial charge is 0.0223 e. The summed E-state index contributed by atoms with van der Waals surface area (Å²) in [5.41, 5.74) is 0.610. The maximum absolute atomic E-state index is 3.78. The van der Waals surface area contributed by atoms with Crippen LogP contribution in [0.2, 0.25) is 0 Å². The van der Waals surface area contributed by atoms with E-state index in [1.54, 1.807) is 0 Å². The van der Waals surface area contributed by atoms with E-state index in [0.717, 1.165) is 12.0 Å². The Morgan fingerprint density at radius 2 is 2.06 bits per heavy atom. The predicted molar refractivity (Wildman–Crippen MR) is 67.6 cm³/mol. The second kappa shape index (κ2) is 4.30. The highest BCUT2D eigenvalue weighted by Gasteiger charge is 2.43. The van der Waals surface area contributed by atoms with E-state index in [-0.39, 0.29) is 0 Å². The van der Waals surface area contributed by atoms with E-state index in [9.17, 15) is 0 Å². The topological polar surface area (TPSA) is 15.3 Å². The maximum Gasteiger partial charge on any atom is 0.0223 e. The van der Waals surface area contributed by atoms with Crippen molar-refractivity contribution >= 4 is 0 Å². The van der Waals surface area contributed by atoms with Gasteiger partial charge in [0.1, 0.15) is 0 Å². The van der Waals surface area contributed by atoms with Gasteiger partial charge in [0.15, 0.2) is 0 Å². The first-order chi connectivity index (χ1) is 7.84. The second-order valence-corrected chi connectivity index (χ2v) is 6.13. The van der Waals surface area contributed by atoms with E-state index in [2.05, 4.69) is 17.1 Å². The summed E-state index contributed by atoms with van der Waals surface area (Å²) in [7, 11) is 0. The molecular formula is C14H26N2. The van der Waals surface area contributed by atoms with Gasteiger partial charge in [-0.05, 0) is 64.0 Å². The minimum Gasteiger partial charge on any atom is -0.312 e. The molecule has 0 aromatic carbocycles. The lowest BCUT2D eigenvalue weighted by Gasteiger charge is -2.50. The van der Waals surface area contributed by atoms with E-state index in [4.69, 9.17) is 0 Å². The van der Waals surface area contributed by atoms with Crippen LogP contribution in [0, 0.1) is 5.92 Å². The zero-order valence-electron chi connectivity index (χ0n) is 10.7. The molecule has 1 heterocycles. The van der Waals surface area contributed by atoms with Crippen molar-refractivity contribution in [2.24, 2.45) is 5.92 Å². The zero-order valence-corrected chi connectivity index (χ0v) is 10.7. The molecule has 0 amide bonds. The molecule has 0 radical (unpaired) electrons. The quantitative estimate of drug-likeness (QED) is 0.789. The highest BCUT2D eigenvalue weighted by atomic mass is 15.2. The van der Waals surface area contributed by atoms with Crippen molar-refractivity contribution in [2.45, 2.75) is 63.5 Å². The van der Waals surface area contributed by atoms with Gasteiger partial charge in [0.25, 0.3) is 0 Å². The molecule has 2 saturated carbocycles. The number of rotatable bonds is 3. The molecular weight excluding hydrogens is 196 g/mol. The fraction of sp³-hybridized carbons (Fsp3) is 1.00. The van der Waals surface area contributed by atoms with Gasteiger partial charge in [0.05, 0.1) is 0 Å². The molecule has 3 fully saturated rings. The Morgan fingerprint density at radius 3 is 2.62 bits per heavy atom. The summed E-state index contributed by atoms with van der Waals surface area (Å²) in [6.07, 6.45) is 10.1. The van der Waals surface area contributed by atoms with Gasteiger partial charge in [0.2, 0.25) is 0 Å². The summed E-state index contributed by atoms with van der Waals surface area (Å²) < 4.78 is 0. The number of hydrogen-bond acceptors (Lipinski definition) is 2. The largest absolute Gasteiger partial charge is 0.312 e. The van der Waals surface area contributed by atoms with Gasteiger partial charge >= 0.3 is 0 Å². The molecule has 2 heteroatoms. The molecule has 0 aromatic heterocycles. The van der Waals surface area contributed by atoms with Crippen LogP contribution in [0.25, 0.3) is 0 Å². The lowest BCUT2D eigenvalue weighted by molar-refractivity contribution is 0.00987. The lowest BCUT2D eigenvalue weighted by Crippen LogP contribution is -2.56. The van der Waals surface area contributed by atoms with Gasteiger partial charge < -0.3 is 5.32 Å². The summed E-state index contributed by atoms with van der Waals surface area (Å²) >= 11 is 0. The Balaban J connectivity index is 1.67. The van der Waals surface area contributed by atoms with Crippen molar-refractivity contribution < 1.29 is 0 Å². The van der Waals surface area contributed by atoms with Gasteiger partial charge in [-0.2, -0.15) is 0 Å². The predicted octanol–water partition coefficient (Wildman–Crippen LogP) is 2.39. The van der Waals surface area contributed by atoms with Crippen LogP contribution in [0.5, 0.6) is 0 Å². The fourth-order valence-corrected chi connectivity index (χ4v) is 3.67. The Morgan fingerprint density at radius 1 is 1.25 bits per heavy atom. The van der Waals surface area contributed by atoms with Crippen LogP contribution in [0.1, 0.15) is 51.9 Å². The minimum absolute atomic E-state index is 0.610. The summed E-state index contributed by atoms with van der Waals surface area (Å²) in [6, 6.07) is 0.812. The van der Waals surface area contributed by atoms with E-state index in [1.165, 1.54) is 64.6 Å². The Labute approximate surface area is 99.8 Å². The number of nitrogens with one attached hydrogen (secondary N) is 1. The SMILES string of the molecule is CCC1(N2CCCNC(C3CC3)C2)CCC1. The Hall–Kier alpha value is -0.0800. The van der Waals surface area contributed by atoms with Crippen LogP contribution in [-0.2, 0) is 0 Å². The molecule has 0 bridgehead atoms. The first-order valence-electron chi connectivity index (χ1n) is 7.32. The van der Waals surface area contributed by atoms with Crippen molar-refractivity contribution in [3.05, 3.63) is 0 Å². The molecule has 1 aliphatic heterocycles.